The van der Waals surface area contributed by atoms with Crippen LogP contribution in [0.3, 0.4) is 0 Å². The first-order chi connectivity index (χ1) is 15.3. The van der Waals surface area contributed by atoms with Crippen LogP contribution >= 0.6 is 8.03 Å². The molecular formula is C28H57NO2P+. The minimum atomic E-state index is -2.42. The van der Waals surface area contributed by atoms with Crippen molar-refractivity contribution in [3.8, 4) is 0 Å². The number of nitrogens with zero attached hydrogens (tertiary/aromatic N) is 1. The largest absolute Gasteiger partial charge is 0.590 e. The molecule has 32 heavy (non-hydrogen) atoms. The van der Waals surface area contributed by atoms with Crippen molar-refractivity contribution < 1.29 is 13.9 Å². The van der Waals surface area contributed by atoms with Crippen LogP contribution in [0.2, 0.25) is 0 Å². The molecule has 0 aliphatic heterocycles. The van der Waals surface area contributed by atoms with Gasteiger partial charge in [-0.15, -0.1) is 0 Å². The highest BCUT2D eigenvalue weighted by Crippen LogP contribution is 2.45. The Balaban J connectivity index is 3.59. The molecule has 2 atom stereocenters. The van der Waals surface area contributed by atoms with Gasteiger partial charge in [0.25, 0.3) is 5.28 Å². The molecule has 0 radical (unpaired) electrons. The van der Waals surface area contributed by atoms with E-state index in [0.717, 1.165) is 25.7 Å². The maximum absolute atomic E-state index is 12.1. The first kappa shape index (κ1) is 31.8. The summed E-state index contributed by atoms with van der Waals surface area (Å²) in [5, 5.41) is -0.588. The van der Waals surface area contributed by atoms with E-state index in [1.165, 1.54) is 103 Å². The molecule has 3 nitrogen and oxygen atoms in total. The summed E-state index contributed by atoms with van der Waals surface area (Å²) in [5.41, 5.74) is 0. The van der Waals surface area contributed by atoms with E-state index in [2.05, 4.69) is 26.0 Å². The second-order valence-electron chi connectivity index (χ2n) is 10.8. The Morgan fingerprint density at radius 2 is 1.03 bits per heavy atom. The zero-order valence-electron chi connectivity index (χ0n) is 22.5. The highest BCUT2D eigenvalue weighted by atomic mass is 31.1. The third-order valence-corrected chi connectivity index (χ3v) is 8.80. The summed E-state index contributed by atoms with van der Waals surface area (Å²) >= 11 is 0. The molecule has 0 amide bonds. The van der Waals surface area contributed by atoms with E-state index in [1.54, 1.807) is 0 Å². The Kier molecular flexibility index (Phi) is 20.0. The maximum atomic E-state index is 12.1. The fraction of sp³-hybridized carbons (Fsp3) is 0.929. The zero-order chi connectivity index (χ0) is 24.1. The van der Waals surface area contributed by atoms with Gasteiger partial charge in [-0.05, 0) is 32.1 Å². The molecule has 0 aliphatic rings. The summed E-state index contributed by atoms with van der Waals surface area (Å²) in [5.74, 6) is 0. The molecule has 0 fully saturated rings. The van der Waals surface area contributed by atoms with Crippen LogP contribution in [-0.4, -0.2) is 30.9 Å². The quantitative estimate of drug-likeness (QED) is 0.0647. The fourth-order valence-corrected chi connectivity index (χ4v) is 6.03. The lowest BCUT2D eigenvalue weighted by molar-refractivity contribution is -0.910. The Bertz CT molecular complexity index is 473. The lowest BCUT2D eigenvalue weighted by Crippen LogP contribution is -2.55. The lowest BCUT2D eigenvalue weighted by atomic mass is 9.99. The average molecular weight is 471 g/mol. The van der Waals surface area contributed by atoms with Gasteiger partial charge in [0.2, 0.25) is 0 Å². The molecule has 0 aromatic rings. The van der Waals surface area contributed by atoms with Crippen molar-refractivity contribution in [2.24, 2.45) is 0 Å². The van der Waals surface area contributed by atoms with Crippen LogP contribution in [0.5, 0.6) is 0 Å². The molecular weight excluding hydrogens is 413 g/mol. The van der Waals surface area contributed by atoms with Crippen molar-refractivity contribution in [1.29, 1.82) is 0 Å². The van der Waals surface area contributed by atoms with E-state index >= 15 is 0 Å². The van der Waals surface area contributed by atoms with Gasteiger partial charge in [-0.3, -0.25) is 4.48 Å². The minimum Gasteiger partial charge on any atom is -0.590 e. The van der Waals surface area contributed by atoms with Crippen LogP contribution in [-0.2, 0) is 4.57 Å². The van der Waals surface area contributed by atoms with Gasteiger partial charge in [-0.2, -0.15) is 0 Å². The van der Waals surface area contributed by atoms with Crippen molar-refractivity contribution in [1.82, 2.24) is 0 Å². The van der Waals surface area contributed by atoms with Crippen molar-refractivity contribution in [3.63, 3.8) is 0 Å². The zero-order valence-corrected chi connectivity index (χ0v) is 23.4. The molecule has 0 spiro atoms. The third kappa shape index (κ3) is 14.8. The van der Waals surface area contributed by atoms with Crippen LogP contribution in [0, 0.1) is 0 Å². The Morgan fingerprint density at radius 3 is 1.41 bits per heavy atom. The molecule has 0 aromatic carbocycles. The minimum absolute atomic E-state index is 0.523. The molecule has 190 valence electrons. The fourth-order valence-electron chi connectivity index (χ4n) is 4.80. The SMILES string of the molecule is CCCC/C=C\CCCCCCCCCCCCCCCC(CCC)([P+](=O)[O-])[N+](C)(C)C. The van der Waals surface area contributed by atoms with Gasteiger partial charge >= 0.3 is 8.03 Å². The third-order valence-electron chi connectivity index (χ3n) is 7.08. The number of quaternary nitrogens is 1. The molecule has 4 heteroatoms. The first-order valence-corrected chi connectivity index (χ1v) is 15.1. The average Bonchev–Trinajstić information content (AvgIpc) is 2.73. The van der Waals surface area contributed by atoms with Crippen LogP contribution in [0.15, 0.2) is 12.2 Å². The summed E-state index contributed by atoms with van der Waals surface area (Å²) in [7, 11) is 3.69. The normalized spacial score (nSPS) is 14.8. The Labute approximate surface area is 202 Å². The molecule has 0 bridgehead atoms. The van der Waals surface area contributed by atoms with Gasteiger partial charge in [-0.1, -0.05) is 114 Å². The van der Waals surface area contributed by atoms with Crippen molar-refractivity contribution in [3.05, 3.63) is 12.2 Å². The highest BCUT2D eigenvalue weighted by molar-refractivity contribution is 7.38. The second-order valence-corrected chi connectivity index (χ2v) is 12.1. The van der Waals surface area contributed by atoms with E-state index in [1.807, 2.05) is 21.1 Å². The Morgan fingerprint density at radius 1 is 0.625 bits per heavy atom. The number of hydrogen-bond donors (Lipinski definition) is 0. The molecule has 0 heterocycles. The standard InChI is InChI=1S/C28H57NO2P/c1-6-8-9-10-11-12-13-14-15-16-17-18-19-20-21-22-23-24-25-27-28(26-7-2,32(30)31)29(3,4)5/h10-11H,6-9,12-27H2,1-5H3/q+1/b11-10-. The number of hydrogen-bond acceptors (Lipinski definition) is 2. The van der Waals surface area contributed by atoms with Gasteiger partial charge in [0.1, 0.15) is 0 Å². The van der Waals surface area contributed by atoms with E-state index in [9.17, 15) is 9.46 Å². The molecule has 0 N–H and O–H groups in total. The van der Waals surface area contributed by atoms with Gasteiger partial charge in [0.05, 0.1) is 21.1 Å². The molecule has 0 rings (SSSR count). The van der Waals surface area contributed by atoms with Crippen LogP contribution in [0.25, 0.3) is 0 Å². The summed E-state index contributed by atoms with van der Waals surface area (Å²) in [6.07, 6.45) is 29.7. The predicted octanol–water partition coefficient (Wildman–Crippen LogP) is 8.89. The van der Waals surface area contributed by atoms with Gasteiger partial charge in [-0.25, -0.2) is 0 Å². The van der Waals surface area contributed by atoms with Gasteiger partial charge in [0, 0.05) is 12.8 Å². The van der Waals surface area contributed by atoms with Crippen molar-refractivity contribution in [2.45, 2.75) is 148 Å². The number of unbranched alkanes of at least 4 members (excludes halogenated alkanes) is 15. The second kappa shape index (κ2) is 20.2. The van der Waals surface area contributed by atoms with Gasteiger partial charge in [0.15, 0.2) is 0 Å². The van der Waals surface area contributed by atoms with Crippen LogP contribution < -0.4 is 4.89 Å². The van der Waals surface area contributed by atoms with Gasteiger partial charge < -0.3 is 4.89 Å². The monoisotopic (exact) mass is 470 g/mol. The van der Waals surface area contributed by atoms with Crippen LogP contribution in [0.4, 0.5) is 0 Å². The summed E-state index contributed by atoms with van der Waals surface area (Å²) in [6, 6.07) is 0. The smallest absolute Gasteiger partial charge is 0.376 e. The Hall–Kier alpha value is -0.240. The molecule has 0 aliphatic carbocycles. The molecule has 0 aromatic heterocycles. The summed E-state index contributed by atoms with van der Waals surface area (Å²) in [6.45, 7) is 4.35. The number of rotatable bonds is 23. The van der Waals surface area contributed by atoms with E-state index in [-0.39, 0.29) is 0 Å². The highest BCUT2D eigenvalue weighted by Gasteiger charge is 2.53. The lowest BCUT2D eigenvalue weighted by Gasteiger charge is -2.39. The molecule has 2 unspecified atom stereocenters. The summed E-state index contributed by atoms with van der Waals surface area (Å²) in [4.78, 5) is 12.1. The predicted molar refractivity (Wildman–Crippen MR) is 141 cm³/mol. The first-order valence-electron chi connectivity index (χ1n) is 13.9. The molecule has 0 saturated heterocycles. The molecule has 0 saturated carbocycles. The van der Waals surface area contributed by atoms with E-state index < -0.39 is 13.3 Å². The summed E-state index contributed by atoms with van der Waals surface area (Å²) < 4.78 is 12.6. The topological polar surface area (TPSA) is 40.1 Å². The maximum Gasteiger partial charge on any atom is 0.376 e. The van der Waals surface area contributed by atoms with Crippen LogP contribution in [0.1, 0.15) is 142 Å². The number of allylic oxidation sites excluding steroid dienone is 2. The van der Waals surface area contributed by atoms with Crippen molar-refractivity contribution >= 4 is 8.03 Å². The van der Waals surface area contributed by atoms with E-state index in [0.29, 0.717) is 4.48 Å². The van der Waals surface area contributed by atoms with Crippen molar-refractivity contribution in [2.75, 3.05) is 21.1 Å². The van der Waals surface area contributed by atoms with E-state index in [4.69, 9.17) is 0 Å².